The van der Waals surface area contributed by atoms with Crippen LogP contribution in [0.1, 0.15) is 18.2 Å². The summed E-state index contributed by atoms with van der Waals surface area (Å²) in [4.78, 5) is 8.76. The van der Waals surface area contributed by atoms with Crippen molar-refractivity contribution in [2.75, 3.05) is 13.2 Å². The van der Waals surface area contributed by atoms with Crippen molar-refractivity contribution >= 4 is 21.6 Å². The van der Waals surface area contributed by atoms with Gasteiger partial charge in [-0.3, -0.25) is 4.98 Å². The number of aliphatic hydroxyl groups excluding tert-OH is 1. The lowest BCUT2D eigenvalue weighted by molar-refractivity contribution is -0.0149. The molecule has 108 valence electrons. The van der Waals surface area contributed by atoms with Gasteiger partial charge in [0, 0.05) is 18.4 Å². The zero-order chi connectivity index (χ0) is 14.2. The minimum absolute atomic E-state index is 0.251. The number of ether oxygens (including phenoxy) is 1. The molecule has 4 heterocycles. The molecular formula is C14H13N3O3S. The lowest BCUT2D eigenvalue weighted by atomic mass is 9.99. The van der Waals surface area contributed by atoms with Crippen LogP contribution in [0.15, 0.2) is 28.2 Å². The highest BCUT2D eigenvalue weighted by Gasteiger charge is 2.30. The van der Waals surface area contributed by atoms with Crippen molar-refractivity contribution in [2.24, 2.45) is 0 Å². The molecule has 7 heteroatoms. The Bertz CT molecular complexity index is 770. The van der Waals surface area contributed by atoms with Crippen LogP contribution in [0.25, 0.3) is 21.6 Å². The van der Waals surface area contributed by atoms with Crippen LogP contribution in [0.5, 0.6) is 0 Å². The lowest BCUT2D eigenvalue weighted by Crippen LogP contribution is -2.30. The number of hydrogen-bond acceptors (Lipinski definition) is 7. The van der Waals surface area contributed by atoms with E-state index < -0.39 is 6.10 Å². The Kier molecular flexibility index (Phi) is 3.17. The number of hydrogen-bond donors (Lipinski definition) is 1. The molecule has 2 unspecified atom stereocenters. The SMILES string of the molecule is OC1CCOCC1c1nc(-c2cnc3ccsc3c2)no1. The third kappa shape index (κ3) is 2.33. The molecule has 21 heavy (non-hydrogen) atoms. The maximum atomic E-state index is 10.00. The van der Waals surface area contributed by atoms with E-state index in [1.165, 1.54) is 0 Å². The predicted molar refractivity (Wildman–Crippen MR) is 77.1 cm³/mol. The van der Waals surface area contributed by atoms with Crippen molar-refractivity contribution in [3.05, 3.63) is 29.6 Å². The van der Waals surface area contributed by atoms with E-state index in [4.69, 9.17) is 9.26 Å². The quantitative estimate of drug-likeness (QED) is 0.781. The minimum atomic E-state index is -0.495. The maximum absolute atomic E-state index is 10.00. The van der Waals surface area contributed by atoms with Gasteiger partial charge >= 0.3 is 0 Å². The number of pyridine rings is 1. The average Bonchev–Trinajstić information content (AvgIpc) is 3.16. The standard InChI is InChI=1S/C14H13N3O3S/c18-11-1-3-19-7-9(11)14-16-13(17-20-14)8-5-12-10(15-6-8)2-4-21-12/h2,4-6,9,11,18H,1,3,7H2. The highest BCUT2D eigenvalue weighted by molar-refractivity contribution is 7.17. The normalized spacial score (nSPS) is 22.7. The van der Waals surface area contributed by atoms with Crippen molar-refractivity contribution in [2.45, 2.75) is 18.4 Å². The summed E-state index contributed by atoms with van der Waals surface area (Å²) in [5.41, 5.74) is 1.77. The molecule has 0 radical (unpaired) electrons. The van der Waals surface area contributed by atoms with Crippen LogP contribution < -0.4 is 0 Å². The molecule has 3 aromatic heterocycles. The molecule has 0 saturated carbocycles. The Labute approximate surface area is 124 Å². The summed E-state index contributed by atoms with van der Waals surface area (Å²) >= 11 is 1.62. The fourth-order valence-electron chi connectivity index (χ4n) is 2.43. The number of rotatable bonds is 2. The average molecular weight is 303 g/mol. The van der Waals surface area contributed by atoms with Gasteiger partial charge < -0.3 is 14.4 Å². The fraction of sp³-hybridized carbons (Fsp3) is 0.357. The second-order valence-corrected chi connectivity index (χ2v) is 5.97. The number of aromatic nitrogens is 3. The summed E-state index contributed by atoms with van der Waals surface area (Å²) < 4.78 is 11.8. The summed E-state index contributed by atoms with van der Waals surface area (Å²) in [5.74, 6) is 0.660. The van der Waals surface area contributed by atoms with Crippen LogP contribution in [0.3, 0.4) is 0 Å². The van der Waals surface area contributed by atoms with Crippen molar-refractivity contribution in [3.63, 3.8) is 0 Å². The zero-order valence-corrected chi connectivity index (χ0v) is 11.9. The summed E-state index contributed by atoms with van der Waals surface area (Å²) in [6.45, 7) is 0.975. The van der Waals surface area contributed by atoms with E-state index in [1.54, 1.807) is 17.5 Å². The van der Waals surface area contributed by atoms with Gasteiger partial charge in [0.2, 0.25) is 11.7 Å². The van der Waals surface area contributed by atoms with Crippen LogP contribution in [0.2, 0.25) is 0 Å². The molecule has 3 aromatic rings. The summed E-state index contributed by atoms with van der Waals surface area (Å²) in [5, 5.41) is 16.0. The summed E-state index contributed by atoms with van der Waals surface area (Å²) in [6.07, 6.45) is 1.83. The molecule has 6 nitrogen and oxygen atoms in total. The first-order valence-corrected chi connectivity index (χ1v) is 7.62. The molecule has 0 spiro atoms. The first-order chi connectivity index (χ1) is 10.3. The molecule has 0 amide bonds. The second kappa shape index (κ2) is 5.18. The van der Waals surface area contributed by atoms with Gasteiger partial charge in [-0.2, -0.15) is 4.98 Å². The van der Waals surface area contributed by atoms with Crippen molar-refractivity contribution < 1.29 is 14.4 Å². The minimum Gasteiger partial charge on any atom is -0.392 e. The maximum Gasteiger partial charge on any atom is 0.235 e. The summed E-state index contributed by atoms with van der Waals surface area (Å²) in [6, 6.07) is 3.97. The van der Waals surface area contributed by atoms with Gasteiger partial charge in [0.15, 0.2) is 0 Å². The third-order valence-electron chi connectivity index (χ3n) is 3.64. The molecule has 0 bridgehead atoms. The van der Waals surface area contributed by atoms with Crippen LogP contribution >= 0.6 is 11.3 Å². The van der Waals surface area contributed by atoms with Gasteiger partial charge in [-0.25, -0.2) is 0 Å². The van der Waals surface area contributed by atoms with E-state index >= 15 is 0 Å². The number of thiophene rings is 1. The first-order valence-electron chi connectivity index (χ1n) is 6.74. The van der Waals surface area contributed by atoms with Crippen molar-refractivity contribution in [1.82, 2.24) is 15.1 Å². The molecule has 1 aliphatic rings. The number of aliphatic hydroxyl groups is 1. The van der Waals surface area contributed by atoms with Gasteiger partial charge in [0.05, 0.1) is 28.8 Å². The second-order valence-electron chi connectivity index (χ2n) is 5.02. The molecule has 1 N–H and O–H groups in total. The van der Waals surface area contributed by atoms with E-state index in [2.05, 4.69) is 15.1 Å². The van der Waals surface area contributed by atoms with E-state index in [0.717, 1.165) is 15.8 Å². The Hall–Kier alpha value is -1.83. The molecule has 1 fully saturated rings. The lowest BCUT2D eigenvalue weighted by Gasteiger charge is -2.24. The van der Waals surface area contributed by atoms with E-state index in [-0.39, 0.29) is 5.92 Å². The van der Waals surface area contributed by atoms with Gasteiger partial charge in [-0.15, -0.1) is 11.3 Å². The van der Waals surface area contributed by atoms with Gasteiger partial charge in [0.1, 0.15) is 0 Å². The highest BCUT2D eigenvalue weighted by atomic mass is 32.1. The van der Waals surface area contributed by atoms with Gasteiger partial charge in [-0.1, -0.05) is 5.16 Å². The van der Waals surface area contributed by atoms with E-state index in [1.807, 2.05) is 17.5 Å². The van der Waals surface area contributed by atoms with Gasteiger partial charge in [-0.05, 0) is 23.9 Å². The van der Waals surface area contributed by atoms with E-state index in [9.17, 15) is 5.11 Å². The molecular weight excluding hydrogens is 290 g/mol. The van der Waals surface area contributed by atoms with Crippen LogP contribution in [-0.2, 0) is 4.74 Å². The topological polar surface area (TPSA) is 81.3 Å². The monoisotopic (exact) mass is 303 g/mol. The van der Waals surface area contributed by atoms with Crippen molar-refractivity contribution in [1.29, 1.82) is 0 Å². The zero-order valence-electron chi connectivity index (χ0n) is 11.1. The molecule has 1 aliphatic heterocycles. The molecule has 2 atom stereocenters. The molecule has 0 aliphatic carbocycles. The fourth-order valence-corrected chi connectivity index (χ4v) is 3.21. The first kappa shape index (κ1) is 12.9. The van der Waals surface area contributed by atoms with Crippen LogP contribution in [0, 0.1) is 0 Å². The highest BCUT2D eigenvalue weighted by Crippen LogP contribution is 2.28. The Balaban J connectivity index is 1.66. The Morgan fingerprint density at radius 1 is 1.38 bits per heavy atom. The molecule has 0 aromatic carbocycles. The predicted octanol–water partition coefficient (Wildman–Crippen LogP) is 2.21. The Morgan fingerprint density at radius 3 is 3.24 bits per heavy atom. The number of nitrogens with zero attached hydrogens (tertiary/aromatic N) is 3. The third-order valence-corrected chi connectivity index (χ3v) is 4.49. The van der Waals surface area contributed by atoms with E-state index in [0.29, 0.717) is 31.3 Å². The van der Waals surface area contributed by atoms with Crippen LogP contribution in [0.4, 0.5) is 0 Å². The largest absolute Gasteiger partial charge is 0.392 e. The Morgan fingerprint density at radius 2 is 2.33 bits per heavy atom. The summed E-state index contributed by atoms with van der Waals surface area (Å²) in [7, 11) is 0. The molecule has 4 rings (SSSR count). The smallest absolute Gasteiger partial charge is 0.235 e. The van der Waals surface area contributed by atoms with Crippen molar-refractivity contribution in [3.8, 4) is 11.4 Å². The van der Waals surface area contributed by atoms with Crippen LogP contribution in [-0.4, -0.2) is 39.5 Å². The molecule has 1 saturated heterocycles. The number of fused-ring (bicyclic) bond motifs is 1. The van der Waals surface area contributed by atoms with Gasteiger partial charge in [0.25, 0.3) is 0 Å².